The van der Waals surface area contributed by atoms with E-state index in [-0.39, 0.29) is 6.10 Å². The lowest BCUT2D eigenvalue weighted by atomic mass is 10.0. The minimum Gasteiger partial charge on any atom is -0.484 e. The Labute approximate surface area is 105 Å². The number of hydrogen-bond donors (Lipinski definition) is 0. The Morgan fingerprint density at radius 1 is 1.24 bits per heavy atom. The first-order valence-corrected chi connectivity index (χ1v) is 6.07. The normalized spacial score (nSPS) is 18.3. The van der Waals surface area contributed by atoms with Gasteiger partial charge in [-0.3, -0.25) is 4.98 Å². The van der Waals surface area contributed by atoms with Gasteiger partial charge in [0.15, 0.2) is 0 Å². The summed E-state index contributed by atoms with van der Waals surface area (Å²) in [5.74, 6) is 0.927. The van der Waals surface area contributed by atoms with Crippen LogP contribution in [0.1, 0.15) is 23.8 Å². The first-order valence-electron chi connectivity index (χ1n) is 5.69. The summed E-state index contributed by atoms with van der Waals surface area (Å²) in [6, 6.07) is 11.7. The molecule has 86 valence electrons. The van der Waals surface area contributed by atoms with Crippen molar-refractivity contribution < 1.29 is 4.74 Å². The van der Waals surface area contributed by atoms with Crippen LogP contribution in [0.2, 0.25) is 5.02 Å². The first-order chi connectivity index (χ1) is 8.33. The van der Waals surface area contributed by atoms with Gasteiger partial charge in [0, 0.05) is 11.2 Å². The molecule has 2 aromatic rings. The third-order valence-corrected chi connectivity index (χ3v) is 3.22. The van der Waals surface area contributed by atoms with Gasteiger partial charge >= 0.3 is 0 Å². The van der Waals surface area contributed by atoms with E-state index in [4.69, 9.17) is 16.3 Å². The van der Waals surface area contributed by atoms with E-state index in [0.717, 1.165) is 29.3 Å². The highest BCUT2D eigenvalue weighted by molar-refractivity contribution is 6.30. The number of hydrogen-bond acceptors (Lipinski definition) is 2. The largest absolute Gasteiger partial charge is 0.484 e. The molecule has 17 heavy (non-hydrogen) atoms. The molecule has 0 aliphatic carbocycles. The minimum absolute atomic E-state index is 0.0601. The van der Waals surface area contributed by atoms with Crippen LogP contribution < -0.4 is 4.74 Å². The lowest BCUT2D eigenvalue weighted by Gasteiger charge is -2.25. The monoisotopic (exact) mass is 245 g/mol. The van der Waals surface area contributed by atoms with E-state index >= 15 is 0 Å². The number of aryl methyl sites for hydroxylation is 1. The Bertz CT molecular complexity index is 527. The maximum atomic E-state index is 5.96. The molecule has 1 aliphatic rings. The molecule has 1 aromatic carbocycles. The third kappa shape index (κ3) is 2.13. The number of benzene rings is 1. The topological polar surface area (TPSA) is 22.1 Å². The number of pyridine rings is 1. The summed E-state index contributed by atoms with van der Waals surface area (Å²) in [4.78, 5) is 4.34. The molecule has 0 bridgehead atoms. The summed E-state index contributed by atoms with van der Waals surface area (Å²) < 4.78 is 5.95. The van der Waals surface area contributed by atoms with E-state index in [1.807, 2.05) is 36.4 Å². The number of halogens is 1. The van der Waals surface area contributed by atoms with Crippen molar-refractivity contribution in [1.82, 2.24) is 4.98 Å². The predicted molar refractivity (Wildman–Crippen MR) is 67.4 cm³/mol. The van der Waals surface area contributed by atoms with E-state index in [1.165, 1.54) is 5.56 Å². The van der Waals surface area contributed by atoms with Gasteiger partial charge < -0.3 is 4.74 Å². The molecule has 0 amide bonds. The fourth-order valence-corrected chi connectivity index (χ4v) is 2.33. The van der Waals surface area contributed by atoms with Gasteiger partial charge in [0.1, 0.15) is 11.9 Å². The van der Waals surface area contributed by atoms with Crippen LogP contribution in [0.25, 0.3) is 0 Å². The van der Waals surface area contributed by atoms with E-state index < -0.39 is 0 Å². The first kappa shape index (κ1) is 10.6. The number of ether oxygens (including phenoxy) is 1. The van der Waals surface area contributed by atoms with Crippen LogP contribution in [0, 0.1) is 0 Å². The molecule has 0 N–H and O–H groups in total. The zero-order chi connectivity index (χ0) is 11.7. The molecule has 3 rings (SSSR count). The molecule has 1 aromatic heterocycles. The molecule has 0 spiro atoms. The van der Waals surface area contributed by atoms with Crippen LogP contribution in [0.15, 0.2) is 42.6 Å². The lowest BCUT2D eigenvalue weighted by Crippen LogP contribution is -2.16. The Balaban J connectivity index is 1.88. The van der Waals surface area contributed by atoms with E-state index in [0.29, 0.717) is 0 Å². The van der Waals surface area contributed by atoms with Gasteiger partial charge in [0.25, 0.3) is 0 Å². The van der Waals surface area contributed by atoms with Crippen molar-refractivity contribution in [2.24, 2.45) is 0 Å². The van der Waals surface area contributed by atoms with Crippen LogP contribution in [-0.2, 0) is 6.42 Å². The molecule has 0 fully saturated rings. The molecule has 1 aliphatic heterocycles. The maximum absolute atomic E-state index is 5.96. The van der Waals surface area contributed by atoms with Crippen LogP contribution in [0.4, 0.5) is 0 Å². The average Bonchev–Trinajstić information content (AvgIpc) is 2.39. The molecule has 2 nitrogen and oxygen atoms in total. The summed E-state index contributed by atoms with van der Waals surface area (Å²) in [7, 11) is 0. The van der Waals surface area contributed by atoms with Crippen molar-refractivity contribution in [3.05, 3.63) is 58.9 Å². The summed E-state index contributed by atoms with van der Waals surface area (Å²) >= 11 is 5.96. The average molecular weight is 246 g/mol. The third-order valence-electron chi connectivity index (χ3n) is 2.99. The van der Waals surface area contributed by atoms with Crippen LogP contribution >= 0.6 is 11.6 Å². The molecule has 3 heteroatoms. The molecule has 2 heterocycles. The van der Waals surface area contributed by atoms with Crippen molar-refractivity contribution in [1.29, 1.82) is 0 Å². The maximum Gasteiger partial charge on any atom is 0.141 e. The van der Waals surface area contributed by atoms with Crippen molar-refractivity contribution >= 4 is 11.6 Å². The summed E-state index contributed by atoms with van der Waals surface area (Å²) in [6.45, 7) is 0. The Morgan fingerprint density at radius 3 is 3.00 bits per heavy atom. The zero-order valence-corrected chi connectivity index (χ0v) is 10.0. The van der Waals surface area contributed by atoms with Crippen LogP contribution in [0.5, 0.6) is 5.75 Å². The highest BCUT2D eigenvalue weighted by atomic mass is 35.5. The van der Waals surface area contributed by atoms with Crippen LogP contribution in [-0.4, -0.2) is 4.98 Å². The fraction of sp³-hybridized carbons (Fsp3) is 0.214. The van der Waals surface area contributed by atoms with Gasteiger partial charge in [-0.1, -0.05) is 17.7 Å². The Kier molecular flexibility index (Phi) is 2.73. The second-order valence-corrected chi connectivity index (χ2v) is 4.59. The Hall–Kier alpha value is -1.54. The van der Waals surface area contributed by atoms with Crippen molar-refractivity contribution in [3.8, 4) is 5.75 Å². The number of aromatic nitrogens is 1. The van der Waals surface area contributed by atoms with E-state index in [2.05, 4.69) is 4.98 Å². The minimum atomic E-state index is 0.0601. The zero-order valence-electron chi connectivity index (χ0n) is 9.27. The molecule has 0 saturated carbocycles. The molecule has 1 unspecified atom stereocenters. The van der Waals surface area contributed by atoms with Crippen molar-refractivity contribution in [2.75, 3.05) is 0 Å². The predicted octanol–water partition coefficient (Wildman–Crippen LogP) is 3.80. The van der Waals surface area contributed by atoms with Gasteiger partial charge in [-0.2, -0.15) is 0 Å². The van der Waals surface area contributed by atoms with E-state index in [1.54, 1.807) is 6.20 Å². The summed E-state index contributed by atoms with van der Waals surface area (Å²) in [5.41, 5.74) is 2.18. The number of fused-ring (bicyclic) bond motifs is 1. The standard InChI is InChI=1S/C14H12ClNO/c15-11-5-7-13-10(9-11)4-6-14(17-13)12-3-1-2-8-16-12/h1-3,5,7-9,14H,4,6H2. The lowest BCUT2D eigenvalue weighted by molar-refractivity contribution is 0.172. The van der Waals surface area contributed by atoms with Crippen molar-refractivity contribution in [3.63, 3.8) is 0 Å². The summed E-state index contributed by atoms with van der Waals surface area (Å²) in [5, 5.41) is 0.767. The molecule has 0 radical (unpaired) electrons. The summed E-state index contributed by atoms with van der Waals surface area (Å²) in [6.07, 6.45) is 3.79. The highest BCUT2D eigenvalue weighted by Crippen LogP contribution is 2.35. The SMILES string of the molecule is Clc1ccc2c(c1)CCC(c1ccccn1)O2. The van der Waals surface area contributed by atoms with Crippen molar-refractivity contribution in [2.45, 2.75) is 18.9 Å². The van der Waals surface area contributed by atoms with Gasteiger partial charge in [-0.05, 0) is 48.7 Å². The molecule has 1 atom stereocenters. The second-order valence-electron chi connectivity index (χ2n) is 4.15. The molecule has 0 saturated heterocycles. The van der Waals surface area contributed by atoms with Gasteiger partial charge in [-0.15, -0.1) is 0 Å². The van der Waals surface area contributed by atoms with Gasteiger partial charge in [0.05, 0.1) is 5.69 Å². The van der Waals surface area contributed by atoms with Crippen LogP contribution in [0.3, 0.4) is 0 Å². The smallest absolute Gasteiger partial charge is 0.141 e. The number of nitrogens with zero attached hydrogens (tertiary/aromatic N) is 1. The molecular weight excluding hydrogens is 234 g/mol. The molecular formula is C14H12ClNO. The van der Waals surface area contributed by atoms with E-state index in [9.17, 15) is 0 Å². The Morgan fingerprint density at radius 2 is 2.18 bits per heavy atom. The van der Waals surface area contributed by atoms with Gasteiger partial charge in [-0.25, -0.2) is 0 Å². The number of rotatable bonds is 1. The highest BCUT2D eigenvalue weighted by Gasteiger charge is 2.21. The van der Waals surface area contributed by atoms with Gasteiger partial charge in [0.2, 0.25) is 0 Å². The quantitative estimate of drug-likeness (QED) is 0.762. The fourth-order valence-electron chi connectivity index (χ4n) is 2.13. The second kappa shape index (κ2) is 4.38.